The number of allylic oxidation sites excluding steroid dienone is 1. The van der Waals surface area contributed by atoms with Crippen LogP contribution in [-0.4, -0.2) is 77.8 Å². The normalized spacial score (nSPS) is 28.8. The Morgan fingerprint density at radius 3 is 2.36 bits per heavy atom. The topological polar surface area (TPSA) is 189 Å². The van der Waals surface area contributed by atoms with Gasteiger partial charge in [0.2, 0.25) is 15.9 Å². The minimum atomic E-state index is -4.79. The monoisotopic (exact) mass is 809 g/mol. The van der Waals surface area contributed by atoms with E-state index in [1.54, 1.807) is 33.8 Å². The molecule has 1 aromatic rings. The molecule has 0 aromatic heterocycles. The standard InChI is InChI=1S/C38H50F3N5O9S/c1-22-11-7-8-12-24-19-37(24,32(49)45-56(52,53)36(6)15-16-36)44-30(47)29-18-25(54-34(51)43-28-14-10-9-13-27(28)38(39,40)41)21-46(29)31(48)26(23(2)17-22)20-42-33(50)55-35(3,4)5/h8-10,12-14,20,22-25,29H,7,11,15-19,21H2,1-6H3,(H,42,50)(H,43,51)(H,44,47)(H,45,49)/b12-8?,26-20+. The zero-order valence-electron chi connectivity index (χ0n) is 32.2. The van der Waals surface area contributed by atoms with Crippen molar-refractivity contribution in [2.45, 2.75) is 121 Å². The van der Waals surface area contributed by atoms with Crippen LogP contribution in [0.1, 0.15) is 92.1 Å². The van der Waals surface area contributed by atoms with Crippen LogP contribution in [0.3, 0.4) is 0 Å². The number of carbonyl (C=O) groups excluding carboxylic acids is 5. The van der Waals surface area contributed by atoms with Gasteiger partial charge in [-0.15, -0.1) is 0 Å². The summed E-state index contributed by atoms with van der Waals surface area (Å²) in [5, 5.41) is 7.32. The van der Waals surface area contributed by atoms with Gasteiger partial charge in [0.25, 0.3) is 11.8 Å². The van der Waals surface area contributed by atoms with Gasteiger partial charge in [-0.2, -0.15) is 13.2 Å². The second-order valence-electron chi connectivity index (χ2n) is 16.6. The van der Waals surface area contributed by atoms with Crippen LogP contribution in [-0.2, 0) is 40.1 Å². The molecule has 2 aliphatic heterocycles. The first kappa shape index (κ1) is 42.5. The van der Waals surface area contributed by atoms with Gasteiger partial charge >= 0.3 is 18.4 Å². The molecule has 4 aliphatic rings. The number of alkyl carbamates (subject to hydrolysis) is 1. The molecule has 2 aliphatic carbocycles. The first-order chi connectivity index (χ1) is 25.9. The van der Waals surface area contributed by atoms with Crippen LogP contribution in [0.4, 0.5) is 28.4 Å². The third-order valence-electron chi connectivity index (χ3n) is 10.6. The van der Waals surface area contributed by atoms with E-state index >= 15 is 0 Å². The van der Waals surface area contributed by atoms with Gasteiger partial charge in [0.15, 0.2) is 0 Å². The molecule has 0 spiro atoms. The molecule has 3 fully saturated rings. The zero-order valence-corrected chi connectivity index (χ0v) is 33.1. The molecule has 1 saturated heterocycles. The van der Waals surface area contributed by atoms with Crippen molar-refractivity contribution in [3.8, 4) is 0 Å². The van der Waals surface area contributed by atoms with Gasteiger partial charge in [0, 0.05) is 24.1 Å². The number of sulfonamides is 1. The fourth-order valence-electron chi connectivity index (χ4n) is 7.07. The Morgan fingerprint density at radius 2 is 1.71 bits per heavy atom. The summed E-state index contributed by atoms with van der Waals surface area (Å²) in [5.74, 6) is -3.47. The lowest BCUT2D eigenvalue weighted by Crippen LogP contribution is -2.57. The molecular weight excluding hydrogens is 760 g/mol. The molecule has 1 aromatic carbocycles. The van der Waals surface area contributed by atoms with E-state index in [0.29, 0.717) is 32.1 Å². The molecule has 5 rings (SSSR count). The SMILES string of the molecule is CC1CCC=CC2CC2(C(=O)NS(=O)(=O)C2(C)CC2)NC(=O)C2CC(OC(=O)Nc3ccccc3C(F)(F)F)CN2C(=O)/C(=C/NC(=O)OC(C)(C)C)C(C)C1. The Kier molecular flexibility index (Phi) is 11.9. The van der Waals surface area contributed by atoms with Crippen molar-refractivity contribution in [1.29, 1.82) is 0 Å². The summed E-state index contributed by atoms with van der Waals surface area (Å²) in [5.41, 5.74) is -4.12. The molecule has 4 N–H and O–H groups in total. The van der Waals surface area contributed by atoms with Gasteiger partial charge in [-0.05, 0) is 90.2 Å². The molecule has 2 heterocycles. The number of halogens is 3. The molecule has 5 amide bonds. The van der Waals surface area contributed by atoms with Crippen LogP contribution >= 0.6 is 0 Å². The van der Waals surface area contributed by atoms with Crippen molar-refractivity contribution in [2.24, 2.45) is 17.8 Å². The lowest BCUT2D eigenvalue weighted by Gasteiger charge is -2.29. The number of ether oxygens (including phenoxy) is 2. The highest BCUT2D eigenvalue weighted by molar-refractivity contribution is 7.91. The number of amides is 5. The van der Waals surface area contributed by atoms with Crippen LogP contribution in [0.25, 0.3) is 0 Å². The number of carbonyl (C=O) groups is 5. The number of hydrogen-bond donors (Lipinski definition) is 4. The van der Waals surface area contributed by atoms with Gasteiger partial charge in [-0.3, -0.25) is 29.7 Å². The maximum Gasteiger partial charge on any atom is 0.418 e. The number of alkyl halides is 3. The van der Waals surface area contributed by atoms with Gasteiger partial charge in [-0.1, -0.05) is 38.1 Å². The van der Waals surface area contributed by atoms with Gasteiger partial charge < -0.3 is 19.7 Å². The summed E-state index contributed by atoms with van der Waals surface area (Å²) in [6.45, 7) is 9.91. The van der Waals surface area contributed by atoms with Crippen molar-refractivity contribution in [3.05, 3.63) is 53.8 Å². The quantitative estimate of drug-likeness (QED) is 0.212. The van der Waals surface area contributed by atoms with Crippen LogP contribution < -0.4 is 20.7 Å². The fourth-order valence-corrected chi connectivity index (χ4v) is 8.38. The minimum Gasteiger partial charge on any atom is -0.444 e. The second kappa shape index (κ2) is 15.7. The van der Waals surface area contributed by atoms with Gasteiger partial charge in [0.1, 0.15) is 23.3 Å². The first-order valence-corrected chi connectivity index (χ1v) is 20.1. The van der Waals surface area contributed by atoms with Crippen LogP contribution in [0.15, 0.2) is 48.2 Å². The van der Waals surface area contributed by atoms with E-state index in [-0.39, 0.29) is 30.9 Å². The number of para-hydroxylation sites is 1. The van der Waals surface area contributed by atoms with Crippen molar-refractivity contribution in [3.63, 3.8) is 0 Å². The lowest BCUT2D eigenvalue weighted by atomic mass is 9.88. The fraction of sp³-hybridized carbons (Fsp3) is 0.605. The summed E-state index contributed by atoms with van der Waals surface area (Å²) in [6.07, 6.45) is -1.01. The smallest absolute Gasteiger partial charge is 0.418 e. The maximum absolute atomic E-state index is 14.5. The van der Waals surface area contributed by atoms with Crippen LogP contribution in [0, 0.1) is 17.8 Å². The van der Waals surface area contributed by atoms with Gasteiger partial charge in [-0.25, -0.2) is 18.0 Å². The Labute approximate surface area is 324 Å². The van der Waals surface area contributed by atoms with Crippen molar-refractivity contribution in [1.82, 2.24) is 20.3 Å². The third-order valence-corrected chi connectivity index (χ3v) is 12.8. The summed E-state index contributed by atoms with van der Waals surface area (Å²) < 4.78 is 79.0. The third kappa shape index (κ3) is 9.84. The van der Waals surface area contributed by atoms with E-state index in [2.05, 4.69) is 20.7 Å². The summed E-state index contributed by atoms with van der Waals surface area (Å²) >= 11 is 0. The summed E-state index contributed by atoms with van der Waals surface area (Å²) in [4.78, 5) is 69.5. The average molecular weight is 810 g/mol. The van der Waals surface area contributed by atoms with Crippen molar-refractivity contribution >= 4 is 45.6 Å². The maximum atomic E-state index is 14.5. The largest absolute Gasteiger partial charge is 0.444 e. The van der Waals surface area contributed by atoms with Crippen LogP contribution in [0.5, 0.6) is 0 Å². The Bertz CT molecular complexity index is 1910. The van der Waals surface area contributed by atoms with E-state index < -0.39 is 97.2 Å². The number of rotatable bonds is 6. The molecule has 56 heavy (non-hydrogen) atoms. The predicted molar refractivity (Wildman–Crippen MR) is 198 cm³/mol. The molecule has 6 unspecified atom stereocenters. The molecule has 308 valence electrons. The number of fused-ring (bicyclic) bond motifs is 2. The number of benzene rings is 1. The number of anilines is 1. The van der Waals surface area contributed by atoms with E-state index in [0.717, 1.165) is 23.1 Å². The Hall–Kier alpha value is -4.61. The van der Waals surface area contributed by atoms with Crippen LogP contribution in [0.2, 0.25) is 0 Å². The van der Waals surface area contributed by atoms with Crippen molar-refractivity contribution in [2.75, 3.05) is 11.9 Å². The summed E-state index contributed by atoms with van der Waals surface area (Å²) in [6, 6.07) is 2.89. The highest BCUT2D eigenvalue weighted by Crippen LogP contribution is 2.47. The van der Waals surface area contributed by atoms with E-state index in [9.17, 15) is 45.6 Å². The van der Waals surface area contributed by atoms with Crippen molar-refractivity contribution < 1.29 is 55.0 Å². The molecule has 18 heteroatoms. The molecule has 14 nitrogen and oxygen atoms in total. The minimum absolute atomic E-state index is 0.0580. The van der Waals surface area contributed by atoms with E-state index in [4.69, 9.17) is 9.47 Å². The number of nitrogens with one attached hydrogen (secondary N) is 4. The number of hydrogen-bond acceptors (Lipinski definition) is 9. The Balaban J connectivity index is 1.47. The summed E-state index contributed by atoms with van der Waals surface area (Å²) in [7, 11) is -4.09. The number of nitrogens with zero attached hydrogens (tertiary/aromatic N) is 1. The molecule has 2 saturated carbocycles. The zero-order chi connectivity index (χ0) is 41.4. The predicted octanol–water partition coefficient (Wildman–Crippen LogP) is 5.52. The highest BCUT2D eigenvalue weighted by atomic mass is 32.2. The first-order valence-electron chi connectivity index (χ1n) is 18.6. The van der Waals surface area contributed by atoms with Gasteiger partial charge in [0.05, 0.1) is 22.5 Å². The molecular formula is C38H50F3N5O9S. The highest BCUT2D eigenvalue weighted by Gasteiger charge is 2.63. The van der Waals surface area contributed by atoms with E-state index in [1.807, 2.05) is 13.0 Å². The second-order valence-corrected chi connectivity index (χ2v) is 18.8. The molecule has 0 radical (unpaired) electrons. The van der Waals surface area contributed by atoms with E-state index in [1.165, 1.54) is 19.2 Å². The molecule has 6 atom stereocenters. The average Bonchev–Trinajstić information content (AvgIpc) is 3.95. The Morgan fingerprint density at radius 1 is 1.04 bits per heavy atom. The molecule has 0 bridgehead atoms. The lowest BCUT2D eigenvalue weighted by molar-refractivity contribution is -0.138.